The number of aromatic nitrogens is 2. The molecular formula is C12H13N3O. The Morgan fingerprint density at radius 2 is 2.31 bits per heavy atom. The fourth-order valence-electron chi connectivity index (χ4n) is 2.04. The Kier molecular flexibility index (Phi) is 1.89. The molecule has 0 amide bonds. The van der Waals surface area contributed by atoms with E-state index in [0.29, 0.717) is 5.95 Å². The number of ether oxygens (including phenoxy) is 1. The summed E-state index contributed by atoms with van der Waals surface area (Å²) in [5, 5.41) is 0. The number of nitrogens with two attached hydrogens (primary N) is 1. The van der Waals surface area contributed by atoms with Crippen molar-refractivity contribution in [1.29, 1.82) is 0 Å². The van der Waals surface area contributed by atoms with Crippen molar-refractivity contribution in [1.82, 2.24) is 9.55 Å². The summed E-state index contributed by atoms with van der Waals surface area (Å²) in [4.78, 5) is 4.10. The van der Waals surface area contributed by atoms with E-state index < -0.39 is 0 Å². The van der Waals surface area contributed by atoms with E-state index in [-0.39, 0.29) is 0 Å². The molecule has 4 heteroatoms. The lowest BCUT2D eigenvalue weighted by Crippen LogP contribution is -1.98. The van der Waals surface area contributed by atoms with E-state index >= 15 is 0 Å². The van der Waals surface area contributed by atoms with Gasteiger partial charge in [-0.1, -0.05) is 0 Å². The molecule has 0 fully saturated rings. The van der Waals surface area contributed by atoms with E-state index in [9.17, 15) is 0 Å². The standard InChI is InChI=1S/C12H13N3O/c1-15-10(7-14-12(15)13)8-2-3-11-9(6-8)4-5-16-11/h2-3,6-7H,4-5H2,1H3,(H2,13,14). The third kappa shape index (κ3) is 1.26. The van der Waals surface area contributed by atoms with Crippen molar-refractivity contribution in [3.05, 3.63) is 30.0 Å². The number of nitrogen functional groups attached to an aromatic ring is 1. The lowest BCUT2D eigenvalue weighted by Gasteiger charge is -2.05. The first-order valence-electron chi connectivity index (χ1n) is 5.29. The minimum Gasteiger partial charge on any atom is -0.493 e. The number of hydrogen-bond acceptors (Lipinski definition) is 3. The topological polar surface area (TPSA) is 53.1 Å². The number of anilines is 1. The monoisotopic (exact) mass is 215 g/mol. The fourth-order valence-corrected chi connectivity index (χ4v) is 2.04. The van der Waals surface area contributed by atoms with Gasteiger partial charge >= 0.3 is 0 Å². The highest BCUT2D eigenvalue weighted by atomic mass is 16.5. The van der Waals surface area contributed by atoms with E-state index in [4.69, 9.17) is 10.5 Å². The predicted octanol–water partition coefficient (Wildman–Crippen LogP) is 1.60. The van der Waals surface area contributed by atoms with Gasteiger partial charge in [-0.05, 0) is 23.8 Å². The molecule has 0 unspecified atom stereocenters. The number of fused-ring (bicyclic) bond motifs is 1. The first-order chi connectivity index (χ1) is 7.75. The van der Waals surface area contributed by atoms with E-state index in [2.05, 4.69) is 11.1 Å². The number of imidazole rings is 1. The molecule has 82 valence electrons. The molecule has 1 aliphatic heterocycles. The van der Waals surface area contributed by atoms with Gasteiger partial charge in [0.05, 0.1) is 18.5 Å². The highest BCUT2D eigenvalue weighted by Crippen LogP contribution is 2.30. The van der Waals surface area contributed by atoms with Crippen LogP contribution < -0.4 is 10.5 Å². The second-order valence-electron chi connectivity index (χ2n) is 3.98. The molecular weight excluding hydrogens is 202 g/mol. The van der Waals surface area contributed by atoms with Gasteiger partial charge in [0.15, 0.2) is 5.95 Å². The molecule has 1 aromatic heterocycles. The molecule has 2 heterocycles. The molecule has 0 radical (unpaired) electrons. The third-order valence-electron chi connectivity index (χ3n) is 3.01. The molecule has 3 rings (SSSR count). The minimum absolute atomic E-state index is 0.534. The normalized spacial score (nSPS) is 13.6. The van der Waals surface area contributed by atoms with Crippen molar-refractivity contribution in [3.8, 4) is 17.0 Å². The van der Waals surface area contributed by atoms with Crippen LogP contribution in [-0.2, 0) is 13.5 Å². The third-order valence-corrected chi connectivity index (χ3v) is 3.01. The Labute approximate surface area is 93.7 Å². The van der Waals surface area contributed by atoms with Crippen molar-refractivity contribution >= 4 is 5.95 Å². The first kappa shape index (κ1) is 9.27. The molecule has 0 saturated heterocycles. The molecule has 0 spiro atoms. The number of hydrogen-bond donors (Lipinski definition) is 1. The Balaban J connectivity index is 2.10. The summed E-state index contributed by atoms with van der Waals surface area (Å²) in [7, 11) is 1.92. The van der Waals surface area contributed by atoms with Gasteiger partial charge in [0.2, 0.25) is 0 Å². The zero-order chi connectivity index (χ0) is 11.1. The van der Waals surface area contributed by atoms with Crippen molar-refractivity contribution in [2.75, 3.05) is 12.3 Å². The van der Waals surface area contributed by atoms with Crippen LogP contribution in [0.4, 0.5) is 5.95 Å². The minimum atomic E-state index is 0.534. The van der Waals surface area contributed by atoms with Gasteiger partial charge < -0.3 is 15.0 Å². The lowest BCUT2D eigenvalue weighted by molar-refractivity contribution is 0.357. The summed E-state index contributed by atoms with van der Waals surface area (Å²) in [6.07, 6.45) is 2.78. The van der Waals surface area contributed by atoms with E-state index in [1.807, 2.05) is 23.7 Å². The SMILES string of the molecule is Cn1c(-c2ccc3c(c2)CCO3)cnc1N. The second-order valence-corrected chi connectivity index (χ2v) is 3.98. The first-order valence-corrected chi connectivity index (χ1v) is 5.29. The molecule has 2 aromatic rings. The summed E-state index contributed by atoms with van der Waals surface area (Å²) in [5.41, 5.74) is 9.15. The second kappa shape index (κ2) is 3.27. The van der Waals surface area contributed by atoms with Crippen LogP contribution in [0.5, 0.6) is 5.75 Å². The van der Waals surface area contributed by atoms with Gasteiger partial charge in [-0.3, -0.25) is 0 Å². The number of benzene rings is 1. The molecule has 0 saturated carbocycles. The molecule has 0 bridgehead atoms. The van der Waals surface area contributed by atoms with Crippen molar-refractivity contribution in [2.24, 2.45) is 7.05 Å². The summed E-state index contributed by atoms with van der Waals surface area (Å²) >= 11 is 0. The van der Waals surface area contributed by atoms with Crippen LogP contribution in [-0.4, -0.2) is 16.2 Å². The molecule has 4 nitrogen and oxygen atoms in total. The average molecular weight is 215 g/mol. The Bertz CT molecular complexity index is 545. The maximum absolute atomic E-state index is 5.72. The van der Waals surface area contributed by atoms with E-state index in [1.54, 1.807) is 6.20 Å². The van der Waals surface area contributed by atoms with Crippen LogP contribution in [0.1, 0.15) is 5.56 Å². The molecule has 0 atom stereocenters. The van der Waals surface area contributed by atoms with Crippen LogP contribution in [0.2, 0.25) is 0 Å². The Morgan fingerprint density at radius 1 is 1.44 bits per heavy atom. The van der Waals surface area contributed by atoms with Crippen molar-refractivity contribution in [2.45, 2.75) is 6.42 Å². The highest BCUT2D eigenvalue weighted by molar-refractivity contribution is 5.64. The van der Waals surface area contributed by atoms with Crippen molar-refractivity contribution < 1.29 is 4.74 Å². The largest absolute Gasteiger partial charge is 0.493 e. The molecule has 0 aliphatic carbocycles. The average Bonchev–Trinajstić information content (AvgIpc) is 2.86. The van der Waals surface area contributed by atoms with Crippen LogP contribution in [0, 0.1) is 0 Å². The molecule has 16 heavy (non-hydrogen) atoms. The van der Waals surface area contributed by atoms with E-state index in [0.717, 1.165) is 30.0 Å². The van der Waals surface area contributed by atoms with Gasteiger partial charge in [0.25, 0.3) is 0 Å². The summed E-state index contributed by atoms with van der Waals surface area (Å²) in [5.74, 6) is 1.53. The zero-order valence-corrected chi connectivity index (χ0v) is 9.10. The number of nitrogens with zero attached hydrogens (tertiary/aromatic N) is 2. The molecule has 1 aromatic carbocycles. The predicted molar refractivity (Wildman–Crippen MR) is 62.3 cm³/mol. The Hall–Kier alpha value is -1.97. The zero-order valence-electron chi connectivity index (χ0n) is 9.10. The van der Waals surface area contributed by atoms with Gasteiger partial charge in [0, 0.05) is 19.0 Å². The highest BCUT2D eigenvalue weighted by Gasteiger charge is 2.14. The van der Waals surface area contributed by atoms with Crippen LogP contribution in [0.25, 0.3) is 11.3 Å². The lowest BCUT2D eigenvalue weighted by atomic mass is 10.1. The van der Waals surface area contributed by atoms with Gasteiger partial charge in [-0.2, -0.15) is 0 Å². The van der Waals surface area contributed by atoms with Crippen LogP contribution >= 0.6 is 0 Å². The maximum atomic E-state index is 5.72. The van der Waals surface area contributed by atoms with Gasteiger partial charge in [0.1, 0.15) is 5.75 Å². The number of rotatable bonds is 1. The quantitative estimate of drug-likeness (QED) is 0.786. The molecule has 2 N–H and O–H groups in total. The van der Waals surface area contributed by atoms with Crippen LogP contribution in [0.3, 0.4) is 0 Å². The maximum Gasteiger partial charge on any atom is 0.200 e. The molecule has 1 aliphatic rings. The van der Waals surface area contributed by atoms with Crippen LogP contribution in [0.15, 0.2) is 24.4 Å². The summed E-state index contributed by atoms with van der Waals surface area (Å²) < 4.78 is 7.36. The van der Waals surface area contributed by atoms with Gasteiger partial charge in [-0.15, -0.1) is 0 Å². The van der Waals surface area contributed by atoms with Crippen molar-refractivity contribution in [3.63, 3.8) is 0 Å². The Morgan fingerprint density at radius 3 is 3.06 bits per heavy atom. The van der Waals surface area contributed by atoms with E-state index in [1.165, 1.54) is 5.56 Å². The summed E-state index contributed by atoms with van der Waals surface area (Å²) in [6.45, 7) is 0.784. The smallest absolute Gasteiger partial charge is 0.200 e. The summed E-state index contributed by atoms with van der Waals surface area (Å²) in [6, 6.07) is 6.21. The fraction of sp³-hybridized carbons (Fsp3) is 0.250. The van der Waals surface area contributed by atoms with Gasteiger partial charge in [-0.25, -0.2) is 4.98 Å².